The van der Waals surface area contributed by atoms with Crippen LogP contribution in [0.15, 0.2) is 48.5 Å². The van der Waals surface area contributed by atoms with Crippen LogP contribution >= 0.6 is 0 Å². The van der Waals surface area contributed by atoms with E-state index in [0.29, 0.717) is 0 Å². The second-order valence-electron chi connectivity index (χ2n) is 8.03. The minimum atomic E-state index is -0.438. The second kappa shape index (κ2) is 5.06. The predicted molar refractivity (Wildman–Crippen MR) is 96.3 cm³/mol. The molecule has 0 aromatic heterocycles. The van der Waals surface area contributed by atoms with Crippen molar-refractivity contribution in [3.8, 4) is 0 Å². The van der Waals surface area contributed by atoms with Gasteiger partial charge in [-0.3, -0.25) is 19.8 Å². The lowest BCUT2D eigenvalue weighted by Crippen LogP contribution is -2.47. The molecule has 5 heteroatoms. The molecule has 0 radical (unpaired) electrons. The van der Waals surface area contributed by atoms with E-state index in [1.54, 1.807) is 0 Å². The summed E-state index contributed by atoms with van der Waals surface area (Å²) in [5, 5.41) is 1.02. The van der Waals surface area contributed by atoms with Gasteiger partial charge < -0.3 is 0 Å². The number of hydrazine groups is 1. The van der Waals surface area contributed by atoms with Gasteiger partial charge in [-0.2, -0.15) is 5.01 Å². The third kappa shape index (κ3) is 1.86. The molecule has 0 spiro atoms. The molecule has 5 aliphatic rings. The summed E-state index contributed by atoms with van der Waals surface area (Å²) in [6, 6.07) is 16.3. The van der Waals surface area contributed by atoms with Crippen LogP contribution in [-0.2, 0) is 14.4 Å². The quantitative estimate of drug-likeness (QED) is 0.838. The van der Waals surface area contributed by atoms with Gasteiger partial charge in [-0.05, 0) is 35.1 Å². The van der Waals surface area contributed by atoms with E-state index in [4.69, 9.17) is 0 Å². The lowest BCUT2D eigenvalue weighted by atomic mass is 9.55. The largest absolute Gasteiger partial charge is 0.273 e. The maximum absolute atomic E-state index is 13.2. The summed E-state index contributed by atoms with van der Waals surface area (Å²) >= 11 is 0. The Morgan fingerprint density at radius 1 is 0.778 bits per heavy atom. The molecule has 4 aliphatic carbocycles. The molecule has 1 heterocycles. The van der Waals surface area contributed by atoms with Gasteiger partial charge in [-0.25, -0.2) is 0 Å². The Bertz CT molecular complexity index is 910. The zero-order valence-corrected chi connectivity index (χ0v) is 14.6. The fourth-order valence-corrected chi connectivity index (χ4v) is 5.33. The molecule has 1 saturated heterocycles. The van der Waals surface area contributed by atoms with Gasteiger partial charge in [0.2, 0.25) is 5.91 Å². The van der Waals surface area contributed by atoms with Crippen molar-refractivity contribution in [1.82, 2.24) is 10.4 Å². The molecule has 1 N–H and O–H groups in total. The van der Waals surface area contributed by atoms with E-state index in [1.165, 1.54) is 0 Å². The van der Waals surface area contributed by atoms with Gasteiger partial charge in [-0.15, -0.1) is 0 Å². The first kappa shape index (κ1) is 15.1. The van der Waals surface area contributed by atoms with Crippen LogP contribution in [0.4, 0.5) is 0 Å². The smallest absolute Gasteiger partial charge is 0.253 e. The van der Waals surface area contributed by atoms with E-state index in [-0.39, 0.29) is 35.5 Å². The number of rotatable bonds is 2. The van der Waals surface area contributed by atoms with Crippen molar-refractivity contribution in [3.63, 3.8) is 0 Å². The van der Waals surface area contributed by atoms with E-state index in [2.05, 4.69) is 29.7 Å². The first-order chi connectivity index (χ1) is 13.2. The van der Waals surface area contributed by atoms with E-state index in [9.17, 15) is 14.4 Å². The highest BCUT2D eigenvalue weighted by atomic mass is 16.2. The van der Waals surface area contributed by atoms with Gasteiger partial charge >= 0.3 is 0 Å². The van der Waals surface area contributed by atoms with Gasteiger partial charge in [0.1, 0.15) is 0 Å². The Labute approximate surface area is 156 Å². The molecule has 5 nitrogen and oxygen atoms in total. The second-order valence-corrected chi connectivity index (χ2v) is 8.03. The van der Waals surface area contributed by atoms with Crippen molar-refractivity contribution in [2.75, 3.05) is 0 Å². The monoisotopic (exact) mass is 358 g/mol. The van der Waals surface area contributed by atoms with Gasteiger partial charge in [-0.1, -0.05) is 48.5 Å². The molecule has 2 fully saturated rings. The summed E-state index contributed by atoms with van der Waals surface area (Å²) in [6.07, 6.45) is 1.66. The molecule has 7 rings (SSSR count). The topological polar surface area (TPSA) is 66.5 Å². The zero-order valence-electron chi connectivity index (χ0n) is 14.6. The van der Waals surface area contributed by atoms with Crippen molar-refractivity contribution in [2.45, 2.75) is 24.7 Å². The SMILES string of the molecule is O=C(NN1C(=O)[C@H]2C3c4ccccc4C(c4ccccc43)[C@@H]2C1=O)C1CC1. The lowest BCUT2D eigenvalue weighted by Gasteiger charge is -2.45. The number of nitrogens with zero attached hydrogens (tertiary/aromatic N) is 1. The fraction of sp³-hybridized carbons (Fsp3) is 0.318. The number of amides is 3. The van der Waals surface area contributed by atoms with Crippen molar-refractivity contribution in [3.05, 3.63) is 70.8 Å². The van der Waals surface area contributed by atoms with Crippen molar-refractivity contribution in [2.24, 2.45) is 17.8 Å². The van der Waals surface area contributed by atoms with Gasteiger partial charge in [0.15, 0.2) is 0 Å². The average molecular weight is 358 g/mol. The summed E-state index contributed by atoms with van der Waals surface area (Å²) in [6.45, 7) is 0. The number of benzene rings is 2. The summed E-state index contributed by atoms with van der Waals surface area (Å²) < 4.78 is 0. The highest BCUT2D eigenvalue weighted by Gasteiger charge is 2.62. The minimum absolute atomic E-state index is 0.0562. The van der Waals surface area contributed by atoms with E-state index >= 15 is 0 Å². The van der Waals surface area contributed by atoms with Gasteiger partial charge in [0.05, 0.1) is 11.8 Å². The summed E-state index contributed by atoms with van der Waals surface area (Å²) in [5.74, 6) is -1.94. The first-order valence-corrected chi connectivity index (χ1v) is 9.53. The average Bonchev–Trinajstić information content (AvgIpc) is 3.52. The number of carbonyl (C=O) groups excluding carboxylic acids is 3. The molecule has 1 aliphatic heterocycles. The van der Waals surface area contributed by atoms with Crippen molar-refractivity contribution < 1.29 is 14.4 Å². The van der Waals surface area contributed by atoms with Crippen LogP contribution in [0, 0.1) is 17.8 Å². The van der Waals surface area contributed by atoms with E-state index in [1.807, 2.05) is 24.3 Å². The molecule has 0 unspecified atom stereocenters. The Kier molecular flexibility index (Phi) is 2.84. The van der Waals surface area contributed by atoms with E-state index in [0.717, 1.165) is 40.1 Å². The third-order valence-electron chi connectivity index (χ3n) is 6.62. The number of hydrogen-bond acceptors (Lipinski definition) is 3. The maximum Gasteiger partial charge on any atom is 0.253 e. The fourth-order valence-electron chi connectivity index (χ4n) is 5.33. The Balaban J connectivity index is 1.50. The third-order valence-corrected chi connectivity index (χ3v) is 6.62. The normalized spacial score (nSPS) is 30.0. The van der Waals surface area contributed by atoms with Gasteiger partial charge in [0.25, 0.3) is 11.8 Å². The van der Waals surface area contributed by atoms with Crippen LogP contribution < -0.4 is 5.43 Å². The van der Waals surface area contributed by atoms with Crippen LogP contribution in [-0.4, -0.2) is 22.7 Å². The molecule has 1 saturated carbocycles. The lowest BCUT2D eigenvalue weighted by molar-refractivity contribution is -0.149. The Hall–Kier alpha value is -2.95. The molecular weight excluding hydrogens is 340 g/mol. The molecule has 2 atom stereocenters. The summed E-state index contributed by atoms with van der Waals surface area (Å²) in [4.78, 5) is 38.7. The van der Waals surface area contributed by atoms with Crippen LogP contribution in [0.2, 0.25) is 0 Å². The standard InChI is InChI=1S/C22H18N2O3/c25-20(11-9-10-11)23-24-21(26)18-16-12-5-1-2-6-13(12)17(19(18)22(24)27)15-8-4-3-7-14(15)16/h1-8,11,16-19H,9-10H2,(H,23,25)/t16?,17?,18-,19-/m0/s1. The number of hydrogen-bond donors (Lipinski definition) is 1. The molecule has 27 heavy (non-hydrogen) atoms. The summed E-state index contributed by atoms with van der Waals surface area (Å²) in [5.41, 5.74) is 7.17. The van der Waals surface area contributed by atoms with Crippen LogP contribution in [0.3, 0.4) is 0 Å². The van der Waals surface area contributed by atoms with Crippen molar-refractivity contribution in [1.29, 1.82) is 0 Å². The Morgan fingerprint density at radius 2 is 1.19 bits per heavy atom. The number of imide groups is 1. The van der Waals surface area contributed by atoms with Crippen LogP contribution in [0.25, 0.3) is 0 Å². The van der Waals surface area contributed by atoms with Crippen LogP contribution in [0.1, 0.15) is 46.9 Å². The molecule has 2 aromatic carbocycles. The highest BCUT2D eigenvalue weighted by molar-refractivity contribution is 6.08. The summed E-state index contributed by atoms with van der Waals surface area (Å²) in [7, 11) is 0. The maximum atomic E-state index is 13.2. The van der Waals surface area contributed by atoms with Crippen LogP contribution in [0.5, 0.6) is 0 Å². The van der Waals surface area contributed by atoms with Gasteiger partial charge in [0, 0.05) is 17.8 Å². The highest BCUT2D eigenvalue weighted by Crippen LogP contribution is 2.60. The van der Waals surface area contributed by atoms with Crippen molar-refractivity contribution >= 4 is 17.7 Å². The number of carbonyl (C=O) groups is 3. The Morgan fingerprint density at radius 3 is 1.56 bits per heavy atom. The molecule has 2 aromatic rings. The molecule has 2 bridgehead atoms. The molecular formula is C22H18N2O3. The molecule has 3 amide bonds. The zero-order chi connectivity index (χ0) is 18.3. The number of nitrogens with one attached hydrogen (secondary N) is 1. The first-order valence-electron chi connectivity index (χ1n) is 9.53. The predicted octanol–water partition coefficient (Wildman–Crippen LogP) is 2.32. The molecule has 134 valence electrons. The van der Waals surface area contributed by atoms with E-state index < -0.39 is 11.8 Å². The minimum Gasteiger partial charge on any atom is -0.273 e.